The second-order valence-corrected chi connectivity index (χ2v) is 5.08. The molecule has 1 aliphatic rings. The molecule has 0 radical (unpaired) electrons. The lowest BCUT2D eigenvalue weighted by Crippen LogP contribution is -2.03. The van der Waals surface area contributed by atoms with Crippen LogP contribution in [0.1, 0.15) is 18.1 Å². The second kappa shape index (κ2) is 4.68. The standard InChI is InChI=1S/C11H10Br2O2/c12-7-3-4-9(13)8(6-7)11(14)10-2-1-5-15-10/h2-4,6,11,14H,1,5H2. The van der Waals surface area contributed by atoms with Gasteiger partial charge in [0.05, 0.1) is 6.61 Å². The van der Waals surface area contributed by atoms with E-state index in [1.165, 1.54) is 0 Å². The normalized spacial score (nSPS) is 17.1. The van der Waals surface area contributed by atoms with Crippen molar-refractivity contribution in [1.29, 1.82) is 0 Å². The fraction of sp³-hybridized carbons (Fsp3) is 0.273. The number of aliphatic hydroxyl groups excluding tert-OH is 1. The maximum absolute atomic E-state index is 10.1. The molecule has 0 saturated carbocycles. The Kier molecular flexibility index (Phi) is 3.49. The first-order chi connectivity index (χ1) is 7.18. The predicted molar refractivity (Wildman–Crippen MR) is 65.5 cm³/mol. The summed E-state index contributed by atoms with van der Waals surface area (Å²) in [5, 5.41) is 10.1. The Morgan fingerprint density at radius 2 is 2.13 bits per heavy atom. The Morgan fingerprint density at radius 3 is 2.80 bits per heavy atom. The zero-order chi connectivity index (χ0) is 10.8. The molecule has 0 bridgehead atoms. The van der Waals surface area contributed by atoms with Gasteiger partial charge in [0.1, 0.15) is 11.9 Å². The van der Waals surface area contributed by atoms with Crippen molar-refractivity contribution in [3.8, 4) is 0 Å². The van der Waals surface area contributed by atoms with E-state index in [0.29, 0.717) is 12.4 Å². The van der Waals surface area contributed by atoms with Crippen LogP contribution in [0, 0.1) is 0 Å². The average Bonchev–Trinajstić information content (AvgIpc) is 2.74. The van der Waals surface area contributed by atoms with E-state index in [4.69, 9.17) is 4.74 Å². The summed E-state index contributed by atoms with van der Waals surface area (Å²) in [7, 11) is 0. The molecule has 15 heavy (non-hydrogen) atoms. The van der Waals surface area contributed by atoms with Crippen LogP contribution in [0.2, 0.25) is 0 Å². The smallest absolute Gasteiger partial charge is 0.137 e. The number of rotatable bonds is 2. The quantitative estimate of drug-likeness (QED) is 0.896. The van der Waals surface area contributed by atoms with Crippen LogP contribution in [-0.2, 0) is 4.74 Å². The van der Waals surface area contributed by atoms with Crippen molar-refractivity contribution in [2.24, 2.45) is 0 Å². The summed E-state index contributed by atoms with van der Waals surface area (Å²) in [6.45, 7) is 0.665. The Balaban J connectivity index is 2.31. The first kappa shape index (κ1) is 11.2. The van der Waals surface area contributed by atoms with E-state index in [0.717, 1.165) is 20.9 Å². The van der Waals surface area contributed by atoms with Crippen molar-refractivity contribution in [1.82, 2.24) is 0 Å². The number of hydrogen-bond acceptors (Lipinski definition) is 2. The molecule has 0 saturated heterocycles. The molecule has 80 valence electrons. The zero-order valence-electron chi connectivity index (χ0n) is 7.91. The van der Waals surface area contributed by atoms with Gasteiger partial charge in [-0.25, -0.2) is 0 Å². The average molecular weight is 334 g/mol. The number of benzene rings is 1. The van der Waals surface area contributed by atoms with E-state index >= 15 is 0 Å². The lowest BCUT2D eigenvalue weighted by Gasteiger charge is -2.14. The molecule has 1 heterocycles. The van der Waals surface area contributed by atoms with Crippen LogP contribution < -0.4 is 0 Å². The van der Waals surface area contributed by atoms with Crippen molar-refractivity contribution in [2.45, 2.75) is 12.5 Å². The van der Waals surface area contributed by atoms with E-state index in [-0.39, 0.29) is 0 Å². The zero-order valence-corrected chi connectivity index (χ0v) is 11.1. The number of aliphatic hydroxyl groups is 1. The Hall–Kier alpha value is -0.320. The van der Waals surface area contributed by atoms with Crippen LogP contribution >= 0.6 is 31.9 Å². The van der Waals surface area contributed by atoms with Gasteiger partial charge in [-0.05, 0) is 24.3 Å². The monoisotopic (exact) mass is 332 g/mol. The highest BCUT2D eigenvalue weighted by atomic mass is 79.9. The third kappa shape index (κ3) is 2.44. The molecule has 1 aliphatic heterocycles. The lowest BCUT2D eigenvalue weighted by atomic mass is 10.1. The molecule has 1 N–H and O–H groups in total. The van der Waals surface area contributed by atoms with E-state index in [1.807, 2.05) is 24.3 Å². The van der Waals surface area contributed by atoms with Crippen LogP contribution in [0.25, 0.3) is 0 Å². The van der Waals surface area contributed by atoms with Gasteiger partial charge in [-0.2, -0.15) is 0 Å². The highest BCUT2D eigenvalue weighted by Crippen LogP contribution is 2.32. The van der Waals surface area contributed by atoms with Crippen molar-refractivity contribution < 1.29 is 9.84 Å². The third-order valence-electron chi connectivity index (χ3n) is 2.25. The molecule has 1 aromatic rings. The predicted octanol–water partition coefficient (Wildman–Crippen LogP) is 3.55. The van der Waals surface area contributed by atoms with Crippen LogP contribution in [-0.4, -0.2) is 11.7 Å². The highest BCUT2D eigenvalue weighted by Gasteiger charge is 2.20. The van der Waals surface area contributed by atoms with Crippen molar-refractivity contribution in [3.05, 3.63) is 44.5 Å². The summed E-state index contributed by atoms with van der Waals surface area (Å²) < 4.78 is 7.17. The Bertz CT molecular complexity index is 402. The van der Waals surface area contributed by atoms with Gasteiger partial charge < -0.3 is 9.84 Å². The molecule has 0 fully saturated rings. The molecular formula is C11H10Br2O2. The van der Waals surface area contributed by atoms with Gasteiger partial charge in [-0.3, -0.25) is 0 Å². The first-order valence-corrected chi connectivity index (χ1v) is 6.23. The minimum Gasteiger partial charge on any atom is -0.495 e. The summed E-state index contributed by atoms with van der Waals surface area (Å²) >= 11 is 6.80. The molecule has 2 rings (SSSR count). The van der Waals surface area contributed by atoms with Crippen molar-refractivity contribution in [2.75, 3.05) is 6.61 Å². The fourth-order valence-corrected chi connectivity index (χ4v) is 2.35. The third-order valence-corrected chi connectivity index (χ3v) is 3.47. The second-order valence-electron chi connectivity index (χ2n) is 3.31. The summed E-state index contributed by atoms with van der Waals surface area (Å²) in [5.41, 5.74) is 0.817. The van der Waals surface area contributed by atoms with Gasteiger partial charge in [0.25, 0.3) is 0 Å². The SMILES string of the molecule is OC(C1=CCCO1)c1cc(Br)ccc1Br. The Labute approximate surface area is 105 Å². The van der Waals surface area contributed by atoms with Crippen LogP contribution in [0.3, 0.4) is 0 Å². The summed E-state index contributed by atoms with van der Waals surface area (Å²) in [6.07, 6.45) is 2.12. The van der Waals surface area contributed by atoms with Gasteiger partial charge in [-0.15, -0.1) is 0 Å². The molecule has 0 aliphatic carbocycles. The van der Waals surface area contributed by atoms with E-state index in [1.54, 1.807) is 0 Å². The maximum atomic E-state index is 10.1. The van der Waals surface area contributed by atoms with Gasteiger partial charge in [0.2, 0.25) is 0 Å². The molecule has 1 aromatic carbocycles. The molecule has 0 aromatic heterocycles. The van der Waals surface area contributed by atoms with E-state index in [9.17, 15) is 5.11 Å². The molecule has 1 unspecified atom stereocenters. The van der Waals surface area contributed by atoms with E-state index in [2.05, 4.69) is 31.9 Å². The van der Waals surface area contributed by atoms with Gasteiger partial charge in [-0.1, -0.05) is 31.9 Å². The molecule has 2 nitrogen and oxygen atoms in total. The highest BCUT2D eigenvalue weighted by molar-refractivity contribution is 9.11. The largest absolute Gasteiger partial charge is 0.495 e. The van der Waals surface area contributed by atoms with Crippen LogP contribution in [0.5, 0.6) is 0 Å². The van der Waals surface area contributed by atoms with E-state index < -0.39 is 6.10 Å². The maximum Gasteiger partial charge on any atom is 0.137 e. The Morgan fingerprint density at radius 1 is 1.33 bits per heavy atom. The number of hydrogen-bond donors (Lipinski definition) is 1. The first-order valence-electron chi connectivity index (χ1n) is 4.64. The molecule has 1 atom stereocenters. The van der Waals surface area contributed by atoms with Gasteiger partial charge in [0.15, 0.2) is 0 Å². The molecule has 0 spiro atoms. The lowest BCUT2D eigenvalue weighted by molar-refractivity contribution is 0.118. The van der Waals surface area contributed by atoms with Crippen LogP contribution in [0.4, 0.5) is 0 Å². The van der Waals surface area contributed by atoms with Crippen LogP contribution in [0.15, 0.2) is 39.0 Å². The summed E-state index contributed by atoms with van der Waals surface area (Å²) in [5.74, 6) is 0.647. The minimum atomic E-state index is -0.681. The minimum absolute atomic E-state index is 0.647. The van der Waals surface area contributed by atoms with Crippen molar-refractivity contribution in [3.63, 3.8) is 0 Å². The van der Waals surface area contributed by atoms with Crippen molar-refractivity contribution >= 4 is 31.9 Å². The van der Waals surface area contributed by atoms with Gasteiger partial charge in [0, 0.05) is 20.9 Å². The molecule has 0 amide bonds. The molecular weight excluding hydrogens is 324 g/mol. The summed E-state index contributed by atoms with van der Waals surface area (Å²) in [6, 6.07) is 5.71. The summed E-state index contributed by atoms with van der Waals surface area (Å²) in [4.78, 5) is 0. The number of halogens is 2. The van der Waals surface area contributed by atoms with Gasteiger partial charge >= 0.3 is 0 Å². The fourth-order valence-electron chi connectivity index (χ4n) is 1.50. The number of ether oxygens (including phenoxy) is 1. The molecule has 4 heteroatoms. The topological polar surface area (TPSA) is 29.5 Å².